The fourth-order valence-corrected chi connectivity index (χ4v) is 6.25. The molecule has 274 valence electrons. The molecule has 0 aromatic heterocycles. The van der Waals surface area contributed by atoms with Gasteiger partial charge in [-0.2, -0.15) is 0 Å². The molecule has 0 spiro atoms. The van der Waals surface area contributed by atoms with Crippen molar-refractivity contribution in [2.45, 2.75) is 82.5 Å². The Balaban J connectivity index is 1.46. The van der Waals surface area contributed by atoms with Gasteiger partial charge in [0.1, 0.15) is 36.1 Å². The number of carbonyl (C=O) groups is 3. The molecule has 12 heteroatoms. The van der Waals surface area contributed by atoms with Crippen LogP contribution in [0.4, 0.5) is 0 Å². The van der Waals surface area contributed by atoms with Crippen molar-refractivity contribution in [1.29, 1.82) is 0 Å². The Bertz CT molecular complexity index is 1520. The number of nitrogens with one attached hydrogen (secondary N) is 2. The minimum atomic E-state index is -1.31. The quantitative estimate of drug-likeness (QED) is 0.0869. The zero-order valence-electron chi connectivity index (χ0n) is 30.1. The van der Waals surface area contributed by atoms with E-state index >= 15 is 0 Å². The van der Waals surface area contributed by atoms with E-state index in [1.165, 1.54) is 4.90 Å². The largest absolute Gasteiger partial charge is 0.387 e. The fourth-order valence-electron chi connectivity index (χ4n) is 5.71. The summed E-state index contributed by atoms with van der Waals surface area (Å²) in [5, 5.41) is 38.9. The highest BCUT2D eigenvalue weighted by Gasteiger charge is 2.43. The predicted octanol–water partition coefficient (Wildman–Crippen LogP) is 1.36. The highest BCUT2D eigenvalue weighted by atomic mass is 32.1. The van der Waals surface area contributed by atoms with Gasteiger partial charge in [-0.25, -0.2) is 11.4 Å². The second-order valence-corrected chi connectivity index (χ2v) is 14.4. The van der Waals surface area contributed by atoms with E-state index < -0.39 is 36.1 Å². The zero-order valence-corrected chi connectivity index (χ0v) is 31.0. The second-order valence-electron chi connectivity index (χ2n) is 13.6. The average Bonchev–Trinajstić information content (AvgIpc) is 3.06. The van der Waals surface area contributed by atoms with Crippen molar-refractivity contribution in [1.82, 2.24) is 20.4 Å². The van der Waals surface area contributed by atoms with Gasteiger partial charge in [-0.05, 0) is 86.5 Å². The number of thiol groups is 1. The summed E-state index contributed by atoms with van der Waals surface area (Å²) in [5.41, 5.74) is 4.01. The highest BCUT2D eigenvalue weighted by molar-refractivity contribution is 7.96. The summed E-state index contributed by atoms with van der Waals surface area (Å²) in [5.74, 6) is 1.83. The lowest BCUT2D eigenvalue weighted by Gasteiger charge is -2.40. The van der Waals surface area contributed by atoms with Crippen molar-refractivity contribution >= 4 is 34.4 Å². The third-order valence-electron chi connectivity index (χ3n) is 8.89. The summed E-state index contributed by atoms with van der Waals surface area (Å²) in [6.07, 6.45) is 4.22. The molecule has 0 bridgehead atoms. The topological polar surface area (TPSA) is 152 Å². The molecule has 3 rings (SSSR count). The number of nitrogens with zero attached hydrogens (tertiary/aromatic N) is 2. The zero-order chi connectivity index (χ0) is 37.0. The fraction of sp³-hybridized carbons (Fsp3) is 0.526. The number of ether oxygens (including phenoxy) is 1. The molecule has 1 aliphatic heterocycles. The monoisotopic (exact) mass is 710 g/mol. The molecule has 1 unspecified atom stereocenters. The lowest BCUT2D eigenvalue weighted by molar-refractivity contribution is -0.204. The normalized spacial score (nSPS) is 20.9. The molecule has 1 aliphatic rings. The van der Waals surface area contributed by atoms with Crippen LogP contribution in [0.5, 0.6) is 0 Å². The third-order valence-corrected chi connectivity index (χ3v) is 9.48. The van der Waals surface area contributed by atoms with E-state index in [2.05, 4.69) is 40.8 Å². The van der Waals surface area contributed by atoms with Crippen molar-refractivity contribution in [3.05, 3.63) is 70.3 Å². The number of hydrogen-bond donors (Lipinski definition) is 6. The van der Waals surface area contributed by atoms with Gasteiger partial charge in [0.05, 0.1) is 13.1 Å². The van der Waals surface area contributed by atoms with Gasteiger partial charge in [0, 0.05) is 26.6 Å². The summed E-state index contributed by atoms with van der Waals surface area (Å²) in [6.45, 7) is 6.57. The minimum Gasteiger partial charge on any atom is -0.387 e. The van der Waals surface area contributed by atoms with E-state index in [-0.39, 0.29) is 37.2 Å². The molecule has 1 saturated heterocycles. The Morgan fingerprint density at radius 1 is 1.04 bits per heavy atom. The number of rotatable bonds is 16. The molecule has 50 heavy (non-hydrogen) atoms. The van der Waals surface area contributed by atoms with Crippen LogP contribution in [0, 0.1) is 19.3 Å². The van der Waals surface area contributed by atoms with Gasteiger partial charge in [-0.1, -0.05) is 48.4 Å². The molecule has 0 radical (unpaired) electrons. The molecule has 3 amide bonds. The van der Waals surface area contributed by atoms with Crippen LogP contribution < -0.4 is 10.6 Å². The Morgan fingerprint density at radius 3 is 2.38 bits per heavy atom. The summed E-state index contributed by atoms with van der Waals surface area (Å²) in [7, 11) is 3.43. The maximum absolute atomic E-state index is 12.8. The van der Waals surface area contributed by atoms with Crippen LogP contribution in [-0.4, -0.2) is 125 Å². The number of likely N-dealkylation sites (N-methyl/N-ethyl adjacent to an activating group) is 2. The van der Waals surface area contributed by atoms with Crippen LogP contribution in [0.3, 0.4) is 0 Å². The molecule has 11 nitrogen and oxygen atoms in total. The van der Waals surface area contributed by atoms with Crippen molar-refractivity contribution in [3.63, 3.8) is 0 Å². The molecule has 1 heterocycles. The number of aliphatic hydroxyl groups excluding tert-OH is 3. The maximum atomic E-state index is 12.8. The first-order valence-corrected chi connectivity index (χ1v) is 18.3. The number of amides is 3. The molecule has 2 aromatic carbocycles. The van der Waals surface area contributed by atoms with Crippen molar-refractivity contribution in [3.8, 4) is 12.3 Å². The summed E-state index contributed by atoms with van der Waals surface area (Å²) < 4.78 is 6.02. The van der Waals surface area contributed by atoms with E-state index in [0.29, 0.717) is 32.4 Å². The molecule has 5 N–H and O–H groups in total. The van der Waals surface area contributed by atoms with Gasteiger partial charge in [-0.3, -0.25) is 19.3 Å². The predicted molar refractivity (Wildman–Crippen MR) is 199 cm³/mol. The van der Waals surface area contributed by atoms with Gasteiger partial charge < -0.3 is 35.6 Å². The van der Waals surface area contributed by atoms with E-state index in [0.717, 1.165) is 39.2 Å². The lowest BCUT2D eigenvalue weighted by Crippen LogP contribution is -2.55. The molecule has 0 saturated carbocycles. The van der Waals surface area contributed by atoms with Crippen LogP contribution in [0.15, 0.2) is 42.5 Å². The van der Waals surface area contributed by atoms with Gasteiger partial charge in [0.25, 0.3) is 0 Å². The standard InChI is InChI=1S/C38H54N4O7S/c1-8-19-42(6)32(44)23-41(5)20-18-39-37(48)38(3,4)40-31(43)11-9-10-26-13-15-27(16-14-26)21-29-22-28(17-12-25(29)2)36-35(47)34(46)33(45)30(49-36)24-50-7/h1,12-17,22,24,30,33-36,45-47,50H,9-11,18-21,23H2,2-7H3,(H,39,48)(H,40,43)/t30?,33-,34+,35-,36+/m1/s1. The molecular formula is C38H54N4O7S. The molecule has 2 aromatic rings. The maximum Gasteiger partial charge on any atom is 0.245 e. The van der Waals surface area contributed by atoms with Crippen LogP contribution in [-0.2, 0) is 32.0 Å². The van der Waals surface area contributed by atoms with Gasteiger partial charge >= 0.3 is 0 Å². The Hall–Kier alpha value is -3.57. The molecule has 1 fully saturated rings. The second kappa shape index (κ2) is 19.2. The number of hydrogen-bond acceptors (Lipinski definition) is 8. The highest BCUT2D eigenvalue weighted by Crippen LogP contribution is 2.33. The van der Waals surface area contributed by atoms with Gasteiger partial charge in [0.2, 0.25) is 17.7 Å². The van der Waals surface area contributed by atoms with E-state index in [1.807, 2.05) is 31.4 Å². The number of aliphatic hydroxyl groups is 3. The first-order chi connectivity index (χ1) is 23.7. The van der Waals surface area contributed by atoms with E-state index in [9.17, 15) is 29.7 Å². The first kappa shape index (κ1) is 40.9. The smallest absolute Gasteiger partial charge is 0.245 e. The average molecular weight is 711 g/mol. The van der Waals surface area contributed by atoms with Crippen molar-refractivity contribution < 1.29 is 34.4 Å². The van der Waals surface area contributed by atoms with E-state index in [4.69, 9.17) is 11.2 Å². The number of benzene rings is 2. The molecule has 0 aliphatic carbocycles. The Kier molecular flexibility index (Phi) is 15.6. The number of terminal acetylenes is 1. The lowest BCUT2D eigenvalue weighted by atomic mass is 9.89. The van der Waals surface area contributed by atoms with Crippen LogP contribution >= 0.6 is 11.4 Å². The number of carbonyl (C=O) groups excluding carboxylic acids is 3. The summed E-state index contributed by atoms with van der Waals surface area (Å²) in [6, 6.07) is 14.1. The first-order valence-electron chi connectivity index (χ1n) is 16.9. The molecule has 5 atom stereocenters. The third kappa shape index (κ3) is 11.8. The Morgan fingerprint density at radius 2 is 1.72 bits per heavy atom. The molecular weight excluding hydrogens is 657 g/mol. The number of aryl methyl sites for hydroxylation is 2. The van der Waals surface area contributed by atoms with Crippen LogP contribution in [0.1, 0.15) is 60.6 Å². The van der Waals surface area contributed by atoms with E-state index in [1.54, 1.807) is 38.2 Å². The Labute approximate surface area is 300 Å². The van der Waals surface area contributed by atoms with Crippen molar-refractivity contribution in [2.75, 3.05) is 46.5 Å². The summed E-state index contributed by atoms with van der Waals surface area (Å²) in [4.78, 5) is 40.9. The summed E-state index contributed by atoms with van der Waals surface area (Å²) >= 11 is 0.903. The SMILES string of the molecule is C#CCN(C)C(=O)CN(C)CCNC(=O)C(C)(C)NC(=O)CCCc1ccc(Cc2cc([C@@H]3OC(/C=[SH]\C)[C@@H](O)[C@H](O)[C@H]3O)ccc2C)cc1. The minimum absolute atomic E-state index is 0.102. The van der Waals surface area contributed by atoms with Crippen LogP contribution in [0.25, 0.3) is 0 Å². The van der Waals surface area contributed by atoms with Crippen molar-refractivity contribution in [2.24, 2.45) is 0 Å². The van der Waals surface area contributed by atoms with Crippen LogP contribution in [0.2, 0.25) is 0 Å². The van der Waals surface area contributed by atoms with Gasteiger partial charge in [-0.15, -0.1) is 6.42 Å². The van der Waals surface area contributed by atoms with Gasteiger partial charge in [0.15, 0.2) is 0 Å².